The summed E-state index contributed by atoms with van der Waals surface area (Å²) in [6.45, 7) is 6.81. The molecule has 1 heterocycles. The molecule has 0 saturated carbocycles. The lowest BCUT2D eigenvalue weighted by molar-refractivity contribution is -0.139. The van der Waals surface area contributed by atoms with Crippen molar-refractivity contribution in [1.82, 2.24) is 4.90 Å². The first-order valence-electron chi connectivity index (χ1n) is 11.1. The minimum atomic E-state index is -0.697. The van der Waals surface area contributed by atoms with E-state index in [1.807, 2.05) is 44.2 Å². The van der Waals surface area contributed by atoms with Gasteiger partial charge in [0.05, 0.1) is 30.9 Å². The van der Waals surface area contributed by atoms with Crippen molar-refractivity contribution in [3.63, 3.8) is 0 Å². The molecule has 1 amide bonds. The summed E-state index contributed by atoms with van der Waals surface area (Å²) in [5.74, 6) is -0.423. The minimum absolute atomic E-state index is 0.0732. The second-order valence-electron chi connectivity index (χ2n) is 7.91. The summed E-state index contributed by atoms with van der Waals surface area (Å²) in [6.07, 6.45) is 2.72. The Labute approximate surface area is 189 Å². The number of Topliss-reactive ketones (excluding diaryl/α,β-unsaturated/α-hetero) is 1. The van der Waals surface area contributed by atoms with Gasteiger partial charge in [0.25, 0.3) is 11.7 Å². The Morgan fingerprint density at radius 1 is 1.09 bits per heavy atom. The third-order valence-electron chi connectivity index (χ3n) is 5.64. The molecule has 2 aromatic carbocycles. The molecule has 2 aromatic rings. The first-order valence-corrected chi connectivity index (χ1v) is 11.1. The highest BCUT2D eigenvalue weighted by molar-refractivity contribution is 6.46. The number of amides is 1. The molecule has 170 valence electrons. The number of rotatable bonds is 9. The van der Waals surface area contributed by atoms with Crippen LogP contribution in [0.25, 0.3) is 5.76 Å². The van der Waals surface area contributed by atoms with Gasteiger partial charge in [-0.05, 0) is 50.1 Å². The fourth-order valence-corrected chi connectivity index (χ4v) is 4.08. The van der Waals surface area contributed by atoms with Crippen molar-refractivity contribution in [3.8, 4) is 11.5 Å². The van der Waals surface area contributed by atoms with E-state index in [-0.39, 0.29) is 11.3 Å². The number of aryl methyl sites for hydroxylation is 1. The first kappa shape index (κ1) is 23.4. The monoisotopic (exact) mass is 437 g/mol. The van der Waals surface area contributed by atoms with Gasteiger partial charge in [-0.15, -0.1) is 0 Å². The number of carbonyl (C=O) groups is 2. The zero-order valence-electron chi connectivity index (χ0n) is 19.2. The largest absolute Gasteiger partial charge is 0.507 e. The number of carbonyl (C=O) groups excluding carboxylic acids is 2. The molecule has 1 N–H and O–H groups in total. The maximum absolute atomic E-state index is 13.2. The van der Waals surface area contributed by atoms with Crippen molar-refractivity contribution in [3.05, 3.63) is 64.7 Å². The molecule has 32 heavy (non-hydrogen) atoms. The Kier molecular flexibility index (Phi) is 7.57. The van der Waals surface area contributed by atoms with Crippen molar-refractivity contribution in [2.24, 2.45) is 0 Å². The van der Waals surface area contributed by atoms with Gasteiger partial charge in [0, 0.05) is 6.54 Å². The molecular weight excluding hydrogens is 406 g/mol. The van der Waals surface area contributed by atoms with Crippen LogP contribution in [0.4, 0.5) is 0 Å². The standard InChI is InChI=1S/C26H31NO5/c1-5-7-8-14-27-23(18-10-9-11-19(16-18)32-6-2)22(25(29)26(27)30)24(28)20-15-17(3)12-13-21(20)31-4/h9-13,15-16,23,28H,5-8,14H2,1-4H3/b24-22+. The fourth-order valence-electron chi connectivity index (χ4n) is 4.08. The van der Waals surface area contributed by atoms with Crippen molar-refractivity contribution >= 4 is 17.4 Å². The van der Waals surface area contributed by atoms with Gasteiger partial charge < -0.3 is 19.5 Å². The molecule has 1 aliphatic heterocycles. The van der Waals surface area contributed by atoms with Gasteiger partial charge in [-0.1, -0.05) is 43.5 Å². The number of ether oxygens (including phenoxy) is 2. The van der Waals surface area contributed by atoms with Gasteiger partial charge in [-0.3, -0.25) is 9.59 Å². The van der Waals surface area contributed by atoms with Crippen molar-refractivity contribution in [2.75, 3.05) is 20.3 Å². The van der Waals surface area contributed by atoms with E-state index in [1.165, 1.54) is 7.11 Å². The lowest BCUT2D eigenvalue weighted by atomic mass is 9.94. The van der Waals surface area contributed by atoms with Crippen LogP contribution < -0.4 is 9.47 Å². The van der Waals surface area contributed by atoms with Crippen molar-refractivity contribution in [1.29, 1.82) is 0 Å². The number of nitrogens with zero attached hydrogens (tertiary/aromatic N) is 1. The molecule has 0 radical (unpaired) electrons. The molecule has 0 aromatic heterocycles. The molecule has 1 saturated heterocycles. The maximum atomic E-state index is 13.2. The molecular formula is C26H31NO5. The van der Waals surface area contributed by atoms with E-state index in [9.17, 15) is 14.7 Å². The number of hydrogen-bond acceptors (Lipinski definition) is 5. The third-order valence-corrected chi connectivity index (χ3v) is 5.64. The smallest absolute Gasteiger partial charge is 0.295 e. The van der Waals surface area contributed by atoms with Crippen LogP contribution in [0.3, 0.4) is 0 Å². The van der Waals surface area contributed by atoms with Crippen molar-refractivity contribution in [2.45, 2.75) is 46.1 Å². The van der Waals surface area contributed by atoms with E-state index in [0.29, 0.717) is 30.2 Å². The van der Waals surface area contributed by atoms with Gasteiger partial charge in [-0.25, -0.2) is 0 Å². The molecule has 1 unspecified atom stereocenters. The van der Waals surface area contributed by atoms with Crippen LogP contribution in [-0.4, -0.2) is 42.0 Å². The molecule has 1 aliphatic rings. The number of aliphatic hydroxyl groups excluding tert-OH is 1. The molecule has 0 bridgehead atoms. The number of likely N-dealkylation sites (tertiary alicyclic amines) is 1. The van der Waals surface area contributed by atoms with Gasteiger partial charge in [0.15, 0.2) is 0 Å². The average Bonchev–Trinajstić information content (AvgIpc) is 3.04. The predicted octanol–water partition coefficient (Wildman–Crippen LogP) is 5.01. The SMILES string of the molecule is CCCCCN1C(=O)C(=O)/C(=C(/O)c2cc(C)ccc2OC)C1c1cccc(OCC)c1. The Balaban J connectivity index is 2.19. The zero-order chi connectivity index (χ0) is 23.3. The van der Waals surface area contributed by atoms with Crippen LogP contribution in [0.1, 0.15) is 55.8 Å². The van der Waals surface area contributed by atoms with E-state index in [1.54, 1.807) is 17.0 Å². The maximum Gasteiger partial charge on any atom is 0.295 e. The highest BCUT2D eigenvalue weighted by Crippen LogP contribution is 2.42. The molecule has 1 atom stereocenters. The van der Waals surface area contributed by atoms with Crippen molar-refractivity contribution < 1.29 is 24.2 Å². The first-order chi connectivity index (χ1) is 15.4. The number of benzene rings is 2. The van der Waals surface area contributed by atoms with Gasteiger partial charge >= 0.3 is 0 Å². The number of methoxy groups -OCH3 is 1. The van der Waals surface area contributed by atoms with Crippen LogP contribution >= 0.6 is 0 Å². The summed E-state index contributed by atoms with van der Waals surface area (Å²) in [6, 6.07) is 12.0. The summed E-state index contributed by atoms with van der Waals surface area (Å²) >= 11 is 0. The van der Waals surface area contributed by atoms with E-state index in [0.717, 1.165) is 30.4 Å². The molecule has 6 heteroatoms. The Morgan fingerprint density at radius 3 is 2.56 bits per heavy atom. The Morgan fingerprint density at radius 2 is 1.88 bits per heavy atom. The van der Waals surface area contributed by atoms with Gasteiger partial charge in [-0.2, -0.15) is 0 Å². The predicted molar refractivity (Wildman–Crippen MR) is 124 cm³/mol. The number of hydrogen-bond donors (Lipinski definition) is 1. The van der Waals surface area contributed by atoms with Crippen LogP contribution in [0.15, 0.2) is 48.0 Å². The summed E-state index contributed by atoms with van der Waals surface area (Å²) in [7, 11) is 1.51. The van der Waals surface area contributed by atoms with Crippen LogP contribution in [0.5, 0.6) is 11.5 Å². The second-order valence-corrected chi connectivity index (χ2v) is 7.91. The van der Waals surface area contributed by atoms with Crippen LogP contribution in [0, 0.1) is 6.92 Å². The highest BCUT2D eigenvalue weighted by atomic mass is 16.5. The third kappa shape index (κ3) is 4.64. The average molecular weight is 438 g/mol. The molecule has 1 fully saturated rings. The quantitative estimate of drug-likeness (QED) is 0.258. The minimum Gasteiger partial charge on any atom is -0.507 e. The van der Waals surface area contributed by atoms with E-state index >= 15 is 0 Å². The normalized spacial score (nSPS) is 17.6. The lowest BCUT2D eigenvalue weighted by Gasteiger charge is -2.26. The fraction of sp³-hybridized carbons (Fsp3) is 0.385. The molecule has 0 spiro atoms. The highest BCUT2D eigenvalue weighted by Gasteiger charge is 2.46. The van der Waals surface area contributed by atoms with Crippen LogP contribution in [-0.2, 0) is 9.59 Å². The lowest BCUT2D eigenvalue weighted by Crippen LogP contribution is -2.30. The van der Waals surface area contributed by atoms with E-state index < -0.39 is 17.7 Å². The van der Waals surface area contributed by atoms with E-state index in [2.05, 4.69) is 6.92 Å². The van der Waals surface area contributed by atoms with Gasteiger partial charge in [0.1, 0.15) is 17.3 Å². The summed E-state index contributed by atoms with van der Waals surface area (Å²) in [5, 5.41) is 11.3. The number of ketones is 1. The Bertz CT molecular complexity index is 1030. The summed E-state index contributed by atoms with van der Waals surface area (Å²) in [5.41, 5.74) is 2.09. The summed E-state index contributed by atoms with van der Waals surface area (Å²) < 4.78 is 11.1. The topological polar surface area (TPSA) is 76.1 Å². The molecule has 6 nitrogen and oxygen atoms in total. The van der Waals surface area contributed by atoms with E-state index in [4.69, 9.17) is 9.47 Å². The second kappa shape index (κ2) is 10.4. The Hall–Kier alpha value is -3.28. The number of unbranched alkanes of at least 4 members (excludes halogenated alkanes) is 2. The van der Waals surface area contributed by atoms with Crippen LogP contribution in [0.2, 0.25) is 0 Å². The molecule has 0 aliphatic carbocycles. The number of aliphatic hydroxyl groups is 1. The van der Waals surface area contributed by atoms with Gasteiger partial charge in [0.2, 0.25) is 0 Å². The summed E-state index contributed by atoms with van der Waals surface area (Å²) in [4.78, 5) is 27.8. The molecule has 3 rings (SSSR count). The zero-order valence-corrected chi connectivity index (χ0v) is 19.2.